The van der Waals surface area contributed by atoms with E-state index in [4.69, 9.17) is 4.74 Å². The van der Waals surface area contributed by atoms with Crippen LogP contribution in [0.3, 0.4) is 0 Å². The summed E-state index contributed by atoms with van der Waals surface area (Å²) in [6.07, 6.45) is -1.15. The zero-order chi connectivity index (χ0) is 25.9. The van der Waals surface area contributed by atoms with Gasteiger partial charge in [0.05, 0.1) is 10.5 Å². The maximum atomic E-state index is 13.1. The molecule has 3 aromatic rings. The lowest BCUT2D eigenvalue weighted by atomic mass is 10.1. The van der Waals surface area contributed by atoms with E-state index in [0.29, 0.717) is 22.6 Å². The van der Waals surface area contributed by atoms with Crippen molar-refractivity contribution in [1.82, 2.24) is 9.29 Å². The Morgan fingerprint density at radius 2 is 1.69 bits per heavy atom. The summed E-state index contributed by atoms with van der Waals surface area (Å²) in [5.41, 5.74) is 2.21. The molecule has 0 aliphatic carbocycles. The molecule has 0 unspecified atom stereocenters. The molecule has 11 heteroatoms. The minimum Gasteiger partial charge on any atom is -0.451 e. The zero-order valence-electron chi connectivity index (χ0n) is 19.4. The van der Waals surface area contributed by atoms with Gasteiger partial charge in [-0.1, -0.05) is 6.07 Å². The molecule has 0 amide bonds. The fraction of sp³-hybridized carbons (Fsp3) is 0.250. The number of Topliss-reactive ketones (excluding diaryl/α,β-unsaturated/α-hetero) is 1. The highest BCUT2D eigenvalue weighted by Gasteiger charge is 2.25. The van der Waals surface area contributed by atoms with Gasteiger partial charge in [0.15, 0.2) is 6.10 Å². The third-order valence-corrected chi connectivity index (χ3v) is 6.73. The number of aryl methyl sites for hydroxylation is 1. The van der Waals surface area contributed by atoms with Crippen molar-refractivity contribution in [3.05, 3.63) is 77.1 Å². The van der Waals surface area contributed by atoms with Crippen LogP contribution in [-0.2, 0) is 14.8 Å². The van der Waals surface area contributed by atoms with E-state index >= 15 is 0 Å². The molecular formula is C24H24F2N2O6S. The maximum Gasteiger partial charge on any atom is 0.387 e. The van der Waals surface area contributed by atoms with E-state index in [1.807, 2.05) is 0 Å². The van der Waals surface area contributed by atoms with Gasteiger partial charge in [-0.3, -0.25) is 4.79 Å². The lowest BCUT2D eigenvalue weighted by molar-refractivity contribution is -0.0498. The first-order valence-corrected chi connectivity index (χ1v) is 12.0. The van der Waals surface area contributed by atoms with Crippen LogP contribution in [0.15, 0.2) is 59.5 Å². The molecule has 1 heterocycles. The van der Waals surface area contributed by atoms with Gasteiger partial charge in [-0.15, -0.1) is 0 Å². The van der Waals surface area contributed by atoms with Crippen LogP contribution >= 0.6 is 0 Å². The molecule has 3 rings (SSSR count). The van der Waals surface area contributed by atoms with Crippen LogP contribution in [0.5, 0.6) is 5.75 Å². The molecule has 8 nitrogen and oxygen atoms in total. The number of esters is 1. The Labute approximate surface area is 201 Å². The smallest absolute Gasteiger partial charge is 0.387 e. The Morgan fingerprint density at radius 3 is 2.29 bits per heavy atom. The van der Waals surface area contributed by atoms with Crippen LogP contribution < -0.4 is 9.46 Å². The number of ketones is 1. The van der Waals surface area contributed by atoms with Gasteiger partial charge in [-0.05, 0) is 76.3 Å². The number of hydrogen-bond acceptors (Lipinski definition) is 6. The van der Waals surface area contributed by atoms with Gasteiger partial charge in [0, 0.05) is 22.6 Å². The largest absolute Gasteiger partial charge is 0.451 e. The molecule has 0 saturated carbocycles. The standard InChI is InChI=1S/C24H24F2N2O6S/c1-14-12-21(15(2)28(14)18-8-10-19(11-9-18)34-24(25)26)22(29)16(3)33-23(30)17-6-5-7-20(13-17)35(31,32)27-4/h5-13,16,24,27H,1-4H3/t16-/m0/s1. The van der Waals surface area contributed by atoms with Crippen molar-refractivity contribution in [1.29, 1.82) is 0 Å². The molecule has 0 radical (unpaired) electrons. The molecule has 1 atom stereocenters. The molecule has 0 saturated heterocycles. The molecule has 0 bridgehead atoms. The Balaban J connectivity index is 1.80. The van der Waals surface area contributed by atoms with Crippen molar-refractivity contribution in [2.24, 2.45) is 0 Å². The minimum absolute atomic E-state index is 0.00892. The van der Waals surface area contributed by atoms with Crippen LogP contribution in [0.2, 0.25) is 0 Å². The highest BCUT2D eigenvalue weighted by Crippen LogP contribution is 2.25. The number of carbonyl (C=O) groups is 2. The van der Waals surface area contributed by atoms with Gasteiger partial charge in [-0.2, -0.15) is 8.78 Å². The summed E-state index contributed by atoms with van der Waals surface area (Å²) in [7, 11) is -2.50. The number of nitrogens with one attached hydrogen (secondary N) is 1. The highest BCUT2D eigenvalue weighted by molar-refractivity contribution is 7.89. The summed E-state index contributed by atoms with van der Waals surface area (Å²) in [5, 5.41) is 0. The number of sulfonamides is 1. The van der Waals surface area contributed by atoms with E-state index in [1.165, 1.54) is 50.4 Å². The SMILES string of the molecule is CNS(=O)(=O)c1cccc(C(=O)O[C@@H](C)C(=O)c2cc(C)n(-c3ccc(OC(F)F)cc3)c2C)c1. The zero-order valence-corrected chi connectivity index (χ0v) is 20.2. The van der Waals surface area contributed by atoms with Crippen molar-refractivity contribution in [3.63, 3.8) is 0 Å². The third kappa shape index (κ3) is 5.75. The number of carbonyl (C=O) groups excluding carboxylic acids is 2. The second kappa shape index (κ2) is 10.4. The van der Waals surface area contributed by atoms with E-state index in [-0.39, 0.29) is 16.2 Å². The van der Waals surface area contributed by atoms with Crippen molar-refractivity contribution in [2.75, 3.05) is 7.05 Å². The molecular weight excluding hydrogens is 482 g/mol. The van der Waals surface area contributed by atoms with Crippen molar-refractivity contribution in [3.8, 4) is 11.4 Å². The maximum absolute atomic E-state index is 13.1. The summed E-state index contributed by atoms with van der Waals surface area (Å²) < 4.78 is 62.4. The first-order valence-electron chi connectivity index (χ1n) is 10.5. The second-order valence-corrected chi connectivity index (χ2v) is 9.53. The normalized spacial score (nSPS) is 12.4. The number of aromatic nitrogens is 1. The number of ether oxygens (including phenoxy) is 2. The summed E-state index contributed by atoms with van der Waals surface area (Å²) in [6.45, 7) is 1.98. The van der Waals surface area contributed by atoms with E-state index < -0.39 is 34.5 Å². The van der Waals surface area contributed by atoms with Crippen LogP contribution in [-0.4, -0.2) is 44.5 Å². The van der Waals surface area contributed by atoms with Crippen LogP contribution in [0.1, 0.15) is 39.0 Å². The summed E-state index contributed by atoms with van der Waals surface area (Å²) in [5.74, 6) is -1.29. The number of rotatable bonds is 9. The van der Waals surface area contributed by atoms with E-state index in [0.717, 1.165) is 0 Å². The molecule has 35 heavy (non-hydrogen) atoms. The highest BCUT2D eigenvalue weighted by atomic mass is 32.2. The number of nitrogens with zero attached hydrogens (tertiary/aromatic N) is 1. The predicted octanol–water partition coefficient (Wildman–Crippen LogP) is 4.03. The topological polar surface area (TPSA) is 104 Å². The van der Waals surface area contributed by atoms with Gasteiger partial charge in [-0.25, -0.2) is 17.9 Å². The molecule has 2 aromatic carbocycles. The molecule has 0 spiro atoms. The van der Waals surface area contributed by atoms with Gasteiger partial charge < -0.3 is 14.0 Å². The van der Waals surface area contributed by atoms with E-state index in [1.54, 1.807) is 36.6 Å². The Bertz CT molecular complexity index is 1350. The number of alkyl halides is 2. The number of benzene rings is 2. The molecule has 1 aromatic heterocycles. The summed E-state index contributed by atoms with van der Waals surface area (Å²) in [6, 6.07) is 12.9. The van der Waals surface area contributed by atoms with E-state index in [9.17, 15) is 26.8 Å². The van der Waals surface area contributed by atoms with Gasteiger partial charge in [0.25, 0.3) is 0 Å². The Morgan fingerprint density at radius 1 is 1.03 bits per heavy atom. The van der Waals surface area contributed by atoms with Crippen LogP contribution in [0.4, 0.5) is 8.78 Å². The number of hydrogen-bond donors (Lipinski definition) is 1. The monoisotopic (exact) mass is 506 g/mol. The fourth-order valence-corrected chi connectivity index (χ4v) is 4.37. The Kier molecular flexibility index (Phi) is 7.71. The third-order valence-electron chi connectivity index (χ3n) is 5.32. The summed E-state index contributed by atoms with van der Waals surface area (Å²) in [4.78, 5) is 25.6. The van der Waals surface area contributed by atoms with Crippen LogP contribution in [0.25, 0.3) is 5.69 Å². The first kappa shape index (κ1) is 26.0. The predicted molar refractivity (Wildman–Crippen MR) is 124 cm³/mol. The van der Waals surface area contributed by atoms with Gasteiger partial charge >= 0.3 is 12.6 Å². The Hall–Kier alpha value is -3.57. The minimum atomic E-state index is -3.76. The molecule has 1 N–H and O–H groups in total. The van der Waals surface area contributed by atoms with Crippen LogP contribution in [0, 0.1) is 13.8 Å². The van der Waals surface area contributed by atoms with Gasteiger partial charge in [0.1, 0.15) is 5.75 Å². The molecule has 186 valence electrons. The quantitative estimate of drug-likeness (QED) is 0.347. The lowest BCUT2D eigenvalue weighted by Gasteiger charge is -2.14. The van der Waals surface area contributed by atoms with E-state index in [2.05, 4.69) is 9.46 Å². The first-order chi connectivity index (χ1) is 16.4. The molecule has 0 fully saturated rings. The van der Waals surface area contributed by atoms with Gasteiger partial charge in [0.2, 0.25) is 15.8 Å². The fourth-order valence-electron chi connectivity index (χ4n) is 3.60. The van der Waals surface area contributed by atoms with Crippen molar-refractivity contribution >= 4 is 21.8 Å². The second-order valence-electron chi connectivity index (χ2n) is 7.64. The molecule has 0 aliphatic heterocycles. The van der Waals surface area contributed by atoms with Crippen molar-refractivity contribution < 1.29 is 36.3 Å². The average molecular weight is 507 g/mol. The molecule has 0 aliphatic rings. The number of halogens is 2. The lowest BCUT2D eigenvalue weighted by Crippen LogP contribution is -2.25. The summed E-state index contributed by atoms with van der Waals surface area (Å²) >= 11 is 0. The van der Waals surface area contributed by atoms with Crippen molar-refractivity contribution in [2.45, 2.75) is 38.4 Å². The average Bonchev–Trinajstić information content (AvgIpc) is 3.12.